The first-order valence-corrected chi connectivity index (χ1v) is 5.19. The topological polar surface area (TPSA) is 104 Å². The van der Waals surface area contributed by atoms with Crippen LogP contribution in [-0.2, 0) is 27.4 Å². The predicted molar refractivity (Wildman–Crippen MR) is 61.3 cm³/mol. The Kier molecular flexibility index (Phi) is 5.50. The van der Waals surface area contributed by atoms with Gasteiger partial charge in [-0.2, -0.15) is 0 Å². The second-order valence-electron chi connectivity index (χ2n) is 3.42. The third kappa shape index (κ3) is 3.66. The molecule has 0 fully saturated rings. The monoisotopic (exact) mass is 256 g/mol. The van der Waals surface area contributed by atoms with Gasteiger partial charge in [-0.3, -0.25) is 0 Å². The summed E-state index contributed by atoms with van der Waals surface area (Å²) >= 11 is 0. The maximum Gasteiger partial charge on any atom is 0.404 e. The Balaban J connectivity index is 2.97. The Labute approximate surface area is 104 Å². The molecule has 0 saturated carbocycles. The Hall–Kier alpha value is -1.70. The van der Waals surface area contributed by atoms with Crippen LogP contribution in [-0.4, -0.2) is 30.4 Å². The van der Waals surface area contributed by atoms with Gasteiger partial charge in [0, 0.05) is 19.8 Å². The molecular weight excluding hydrogens is 240 g/mol. The van der Waals surface area contributed by atoms with E-state index in [0.717, 1.165) is 0 Å². The van der Waals surface area contributed by atoms with Gasteiger partial charge in [0.05, 0.1) is 12.3 Å². The van der Waals surface area contributed by atoms with Crippen molar-refractivity contribution < 1.29 is 24.1 Å². The molecule has 100 valence electrons. The van der Waals surface area contributed by atoms with Crippen LogP contribution < -0.4 is 5.73 Å². The number of carbonyl (C=O) groups excluding carboxylic acids is 1. The largest absolute Gasteiger partial charge is 0.443 e. The average molecular weight is 256 g/mol. The Morgan fingerprint density at radius 2 is 2.11 bits per heavy atom. The highest BCUT2D eigenvalue weighted by atomic mass is 16.7. The second-order valence-corrected chi connectivity index (χ2v) is 3.42. The highest BCUT2D eigenvalue weighted by Gasteiger charge is 2.16. The van der Waals surface area contributed by atoms with Gasteiger partial charge in [0.25, 0.3) is 0 Å². The minimum Gasteiger partial charge on any atom is -0.443 e. The molecule has 7 nitrogen and oxygen atoms in total. The van der Waals surface area contributed by atoms with Crippen molar-refractivity contribution >= 4 is 6.09 Å². The van der Waals surface area contributed by atoms with Crippen LogP contribution in [0.2, 0.25) is 0 Å². The zero-order valence-electron chi connectivity index (χ0n) is 10.3. The molecule has 1 amide bonds. The third-order valence-electron chi connectivity index (χ3n) is 2.25. The summed E-state index contributed by atoms with van der Waals surface area (Å²) in [6, 6.07) is 3.29. The van der Waals surface area contributed by atoms with E-state index in [9.17, 15) is 9.90 Å². The number of aromatic nitrogens is 1. The van der Waals surface area contributed by atoms with Crippen molar-refractivity contribution in [2.24, 2.45) is 5.73 Å². The Morgan fingerprint density at radius 3 is 2.61 bits per heavy atom. The Bertz CT molecular complexity index is 406. The predicted octanol–water partition coefficient (Wildman–Crippen LogP) is 0.461. The molecule has 7 heteroatoms. The van der Waals surface area contributed by atoms with Crippen LogP contribution in [0, 0.1) is 0 Å². The lowest BCUT2D eigenvalue weighted by Gasteiger charge is -2.16. The van der Waals surface area contributed by atoms with Gasteiger partial charge < -0.3 is 25.1 Å². The van der Waals surface area contributed by atoms with Crippen molar-refractivity contribution in [3.63, 3.8) is 0 Å². The second kappa shape index (κ2) is 6.90. The van der Waals surface area contributed by atoms with Crippen LogP contribution in [0.1, 0.15) is 23.2 Å². The fourth-order valence-corrected chi connectivity index (χ4v) is 1.43. The summed E-state index contributed by atoms with van der Waals surface area (Å²) in [4.78, 5) is 14.7. The van der Waals surface area contributed by atoms with Crippen molar-refractivity contribution in [1.29, 1.82) is 0 Å². The molecule has 18 heavy (non-hydrogen) atoms. The molecule has 0 aliphatic heterocycles. The molecule has 0 aromatic carbocycles. The molecule has 0 saturated heterocycles. The summed E-state index contributed by atoms with van der Waals surface area (Å²) in [7, 11) is 2.92. The zero-order chi connectivity index (χ0) is 13.5. The molecule has 1 rings (SSSR count). The number of aliphatic hydroxyl groups is 1. The summed E-state index contributed by atoms with van der Waals surface area (Å²) in [5.74, 6) is 0. The maximum absolute atomic E-state index is 10.5. The van der Waals surface area contributed by atoms with Gasteiger partial charge in [-0.05, 0) is 6.07 Å². The normalized spacial score (nSPS) is 10.7. The summed E-state index contributed by atoms with van der Waals surface area (Å²) in [6.07, 6.45) is -1.57. The molecule has 1 aromatic rings. The van der Waals surface area contributed by atoms with Gasteiger partial charge in [-0.25, -0.2) is 9.78 Å². The van der Waals surface area contributed by atoms with Gasteiger partial charge in [-0.1, -0.05) is 6.07 Å². The lowest BCUT2D eigenvalue weighted by molar-refractivity contribution is -0.109. The first-order valence-electron chi connectivity index (χ1n) is 5.19. The van der Waals surface area contributed by atoms with Gasteiger partial charge in [0.1, 0.15) is 12.3 Å². The summed E-state index contributed by atoms with van der Waals surface area (Å²) in [6.45, 7) is -0.239. The van der Waals surface area contributed by atoms with Crippen LogP contribution in [0.3, 0.4) is 0 Å². The smallest absolute Gasteiger partial charge is 0.404 e. The van der Waals surface area contributed by atoms with Crippen molar-refractivity contribution in [3.8, 4) is 0 Å². The van der Waals surface area contributed by atoms with Crippen molar-refractivity contribution in [1.82, 2.24) is 4.98 Å². The SMILES string of the molecule is COC(OC)c1nc(COC(N)=O)ccc1CO. The fourth-order valence-electron chi connectivity index (χ4n) is 1.43. The summed E-state index contributed by atoms with van der Waals surface area (Å²) < 4.78 is 14.8. The molecule has 0 atom stereocenters. The minimum absolute atomic E-state index is 0.0474. The van der Waals surface area contributed by atoms with E-state index in [1.807, 2.05) is 0 Å². The standard InChI is InChI=1S/C11H16N2O5/c1-16-10(17-2)9-7(5-14)3-4-8(13-9)6-18-11(12)15/h3-4,10,14H,5-6H2,1-2H3,(H2,12,15). The van der Waals surface area contributed by atoms with E-state index < -0.39 is 12.4 Å². The molecular formula is C11H16N2O5. The highest BCUT2D eigenvalue weighted by Crippen LogP contribution is 2.20. The lowest BCUT2D eigenvalue weighted by atomic mass is 10.1. The number of aliphatic hydroxyl groups excluding tert-OH is 1. The molecule has 0 aliphatic carbocycles. The highest BCUT2D eigenvalue weighted by molar-refractivity contribution is 5.64. The van der Waals surface area contributed by atoms with Crippen LogP contribution in [0.25, 0.3) is 0 Å². The number of rotatable bonds is 6. The fraction of sp³-hybridized carbons (Fsp3) is 0.455. The summed E-state index contributed by atoms with van der Waals surface area (Å²) in [5, 5.41) is 9.21. The number of primary amides is 1. The first-order chi connectivity index (χ1) is 8.62. The van der Waals surface area contributed by atoms with Gasteiger partial charge in [0.15, 0.2) is 0 Å². The minimum atomic E-state index is -0.875. The molecule has 0 aliphatic rings. The first kappa shape index (κ1) is 14.4. The van der Waals surface area contributed by atoms with E-state index in [1.165, 1.54) is 14.2 Å². The van der Waals surface area contributed by atoms with Crippen LogP contribution in [0.4, 0.5) is 4.79 Å². The zero-order valence-corrected chi connectivity index (χ0v) is 10.3. The summed E-state index contributed by atoms with van der Waals surface area (Å²) in [5.41, 5.74) is 6.37. The van der Waals surface area contributed by atoms with Crippen LogP contribution >= 0.6 is 0 Å². The number of amides is 1. The number of carbonyl (C=O) groups is 1. The van der Waals surface area contributed by atoms with Crippen LogP contribution in [0.5, 0.6) is 0 Å². The molecule has 0 radical (unpaired) electrons. The quantitative estimate of drug-likeness (QED) is 0.716. The number of pyridine rings is 1. The van der Waals surface area contributed by atoms with Crippen molar-refractivity contribution in [3.05, 3.63) is 29.1 Å². The van der Waals surface area contributed by atoms with Crippen molar-refractivity contribution in [2.45, 2.75) is 19.5 Å². The van der Waals surface area contributed by atoms with Crippen LogP contribution in [0.15, 0.2) is 12.1 Å². The number of nitrogens with two attached hydrogens (primary N) is 1. The number of hydrogen-bond donors (Lipinski definition) is 2. The number of ether oxygens (including phenoxy) is 3. The molecule has 0 spiro atoms. The van der Waals surface area contributed by atoms with Gasteiger partial charge in [-0.15, -0.1) is 0 Å². The molecule has 1 heterocycles. The lowest BCUT2D eigenvalue weighted by Crippen LogP contribution is -2.15. The van der Waals surface area contributed by atoms with Gasteiger partial charge in [0.2, 0.25) is 6.29 Å². The molecule has 1 aromatic heterocycles. The van der Waals surface area contributed by atoms with E-state index in [1.54, 1.807) is 12.1 Å². The van der Waals surface area contributed by atoms with Gasteiger partial charge >= 0.3 is 6.09 Å². The Morgan fingerprint density at radius 1 is 1.44 bits per heavy atom. The van der Waals surface area contributed by atoms with E-state index in [0.29, 0.717) is 17.0 Å². The molecule has 0 unspecified atom stereocenters. The maximum atomic E-state index is 10.5. The molecule has 3 N–H and O–H groups in total. The number of methoxy groups -OCH3 is 2. The third-order valence-corrected chi connectivity index (χ3v) is 2.25. The number of nitrogens with zero attached hydrogens (tertiary/aromatic N) is 1. The van der Waals surface area contributed by atoms with E-state index in [4.69, 9.17) is 15.2 Å². The average Bonchev–Trinajstić information content (AvgIpc) is 2.38. The van der Waals surface area contributed by atoms with Crippen molar-refractivity contribution in [2.75, 3.05) is 14.2 Å². The van der Waals surface area contributed by atoms with E-state index in [2.05, 4.69) is 9.72 Å². The van der Waals surface area contributed by atoms with E-state index in [-0.39, 0.29) is 13.2 Å². The number of hydrogen-bond acceptors (Lipinski definition) is 6. The molecule has 0 bridgehead atoms. The van der Waals surface area contributed by atoms with E-state index >= 15 is 0 Å².